The molecule has 0 nitrogen and oxygen atoms in total. The minimum Gasteiger partial charge on any atom is -0.0627 e. The molecule has 0 fully saturated rings. The zero-order valence-electron chi connectivity index (χ0n) is 11.9. The Bertz CT molecular complexity index is 660. The van der Waals surface area contributed by atoms with Crippen molar-refractivity contribution in [3.63, 3.8) is 0 Å². The molecule has 1 aliphatic heterocycles. The van der Waals surface area contributed by atoms with Crippen molar-refractivity contribution in [3.8, 4) is 0 Å². The van der Waals surface area contributed by atoms with E-state index in [1.165, 1.54) is 4.47 Å². The van der Waals surface area contributed by atoms with Gasteiger partial charge in [-0.25, -0.2) is 0 Å². The first kappa shape index (κ1) is 13.3. The van der Waals surface area contributed by atoms with E-state index >= 15 is 0 Å². The van der Waals surface area contributed by atoms with Crippen molar-refractivity contribution in [3.05, 3.63) is 46.9 Å². The highest BCUT2D eigenvalue weighted by Crippen LogP contribution is 2.17. The molecule has 0 atom stereocenters. The lowest BCUT2D eigenvalue weighted by Gasteiger charge is -2.41. The average molecular weight is 347 g/mol. The van der Waals surface area contributed by atoms with E-state index in [4.69, 9.17) is 0 Å². The molecule has 0 radical (unpaired) electrons. The van der Waals surface area contributed by atoms with Crippen LogP contribution in [0.25, 0.3) is 0 Å². The number of rotatable bonds is 0. The van der Waals surface area contributed by atoms with Crippen LogP contribution in [-0.2, 0) is 0 Å². The molecule has 1 aliphatic rings. The number of benzene rings is 2. The minimum atomic E-state index is -1.55. The van der Waals surface area contributed by atoms with Gasteiger partial charge in [0.25, 0.3) is 0 Å². The van der Waals surface area contributed by atoms with Crippen LogP contribution in [-0.4, -0.2) is 16.1 Å². The summed E-state index contributed by atoms with van der Waals surface area (Å²) < 4.78 is 1.22. The molecular weight excluding hydrogens is 328 g/mol. The number of halogens is 1. The van der Waals surface area contributed by atoms with Gasteiger partial charge in [0.2, 0.25) is 0 Å². The summed E-state index contributed by atoms with van der Waals surface area (Å²) in [4.78, 5) is 0. The Morgan fingerprint density at radius 1 is 0.684 bits per heavy atom. The second-order valence-corrected chi connectivity index (χ2v) is 16.1. The van der Waals surface area contributed by atoms with E-state index < -0.39 is 16.1 Å². The van der Waals surface area contributed by atoms with Crippen LogP contribution in [0, 0.1) is 0 Å². The summed E-state index contributed by atoms with van der Waals surface area (Å²) in [7, 11) is -3.08. The first-order valence-electron chi connectivity index (χ1n) is 6.75. The highest BCUT2D eigenvalue weighted by atomic mass is 79.9. The zero-order valence-corrected chi connectivity index (χ0v) is 15.5. The summed E-state index contributed by atoms with van der Waals surface area (Å²) in [6.07, 6.45) is 0. The summed E-state index contributed by atoms with van der Waals surface area (Å²) >= 11 is 3.66. The monoisotopic (exact) mass is 346 g/mol. The fraction of sp³-hybridized carbons (Fsp3) is 0.250. The molecule has 1 heterocycles. The molecule has 0 saturated carbocycles. The van der Waals surface area contributed by atoms with Crippen LogP contribution < -0.4 is 20.7 Å². The predicted molar refractivity (Wildman–Crippen MR) is 94.1 cm³/mol. The molecule has 0 spiro atoms. The summed E-state index contributed by atoms with van der Waals surface area (Å²) in [6.45, 7) is 9.95. The van der Waals surface area contributed by atoms with Crippen molar-refractivity contribution >= 4 is 52.8 Å². The third kappa shape index (κ3) is 1.82. The van der Waals surface area contributed by atoms with Gasteiger partial charge >= 0.3 is 0 Å². The van der Waals surface area contributed by atoms with Gasteiger partial charge in [-0.15, -0.1) is 0 Å². The maximum absolute atomic E-state index is 3.66. The first-order valence-corrected chi connectivity index (χ1v) is 13.5. The molecule has 0 N–H and O–H groups in total. The normalized spacial score (nSPS) is 18.6. The summed E-state index contributed by atoms with van der Waals surface area (Å²) in [5.41, 5.74) is 0. The fourth-order valence-electron chi connectivity index (χ4n) is 3.44. The van der Waals surface area contributed by atoms with Gasteiger partial charge in [0.05, 0.1) is 0 Å². The first-order chi connectivity index (χ1) is 8.85. The molecule has 0 bridgehead atoms. The Labute approximate surface area is 126 Å². The standard InChI is InChI=1S/C16H19BrSi2/c1-18(2)13-7-5-6-8-14(13)19(3,4)16-11-12(17)9-10-15(16)18/h5-11H,1-4H3. The Hall–Kier alpha value is -0.646. The highest BCUT2D eigenvalue weighted by Gasteiger charge is 2.43. The van der Waals surface area contributed by atoms with E-state index in [1.807, 2.05) is 0 Å². The lowest BCUT2D eigenvalue weighted by molar-refractivity contribution is 1.62. The van der Waals surface area contributed by atoms with Crippen LogP contribution in [0.2, 0.25) is 26.2 Å². The van der Waals surface area contributed by atoms with Gasteiger partial charge in [0, 0.05) is 4.47 Å². The summed E-state index contributed by atoms with van der Waals surface area (Å²) in [5.74, 6) is 0. The van der Waals surface area contributed by atoms with Crippen molar-refractivity contribution in [1.82, 2.24) is 0 Å². The van der Waals surface area contributed by atoms with E-state index in [1.54, 1.807) is 20.7 Å². The van der Waals surface area contributed by atoms with Gasteiger partial charge in [-0.1, -0.05) is 93.2 Å². The van der Waals surface area contributed by atoms with Crippen LogP contribution in [0.1, 0.15) is 0 Å². The predicted octanol–water partition coefficient (Wildman–Crippen LogP) is 2.41. The van der Waals surface area contributed by atoms with E-state index in [-0.39, 0.29) is 0 Å². The Morgan fingerprint density at radius 3 is 1.74 bits per heavy atom. The third-order valence-electron chi connectivity index (χ3n) is 4.60. The fourth-order valence-corrected chi connectivity index (χ4v) is 13.4. The highest BCUT2D eigenvalue weighted by molar-refractivity contribution is 9.10. The van der Waals surface area contributed by atoms with Crippen LogP contribution in [0.15, 0.2) is 46.9 Å². The molecule has 3 heteroatoms. The third-order valence-corrected chi connectivity index (χ3v) is 12.7. The van der Waals surface area contributed by atoms with Gasteiger partial charge in [-0.05, 0) is 12.1 Å². The molecule has 3 rings (SSSR count). The Kier molecular flexibility index (Phi) is 2.93. The Morgan fingerprint density at radius 2 is 1.16 bits per heavy atom. The number of hydrogen-bond acceptors (Lipinski definition) is 0. The lowest BCUT2D eigenvalue weighted by atomic mass is 10.3. The van der Waals surface area contributed by atoms with E-state index in [0.717, 1.165) is 0 Å². The molecule has 0 unspecified atom stereocenters. The van der Waals surface area contributed by atoms with Gasteiger partial charge < -0.3 is 0 Å². The van der Waals surface area contributed by atoms with Crippen molar-refractivity contribution in [1.29, 1.82) is 0 Å². The molecule has 0 aliphatic carbocycles. The van der Waals surface area contributed by atoms with Crippen LogP contribution in [0.4, 0.5) is 0 Å². The smallest absolute Gasteiger partial charge is 0.0627 e. The van der Waals surface area contributed by atoms with Crippen LogP contribution in [0.5, 0.6) is 0 Å². The molecule has 2 aromatic carbocycles. The second kappa shape index (κ2) is 4.17. The quantitative estimate of drug-likeness (QED) is 0.642. The van der Waals surface area contributed by atoms with Gasteiger partial charge in [0.1, 0.15) is 16.1 Å². The number of fused-ring (bicyclic) bond motifs is 2. The van der Waals surface area contributed by atoms with Crippen molar-refractivity contribution in [2.24, 2.45) is 0 Å². The molecule has 19 heavy (non-hydrogen) atoms. The summed E-state index contributed by atoms with van der Waals surface area (Å²) in [5, 5.41) is 6.59. The second-order valence-electron chi connectivity index (χ2n) is 6.49. The Balaban J connectivity index is 2.40. The van der Waals surface area contributed by atoms with E-state index in [2.05, 4.69) is 84.6 Å². The molecule has 2 aromatic rings. The van der Waals surface area contributed by atoms with E-state index in [9.17, 15) is 0 Å². The van der Waals surface area contributed by atoms with Gasteiger partial charge in [-0.2, -0.15) is 0 Å². The molecule has 98 valence electrons. The minimum absolute atomic E-state index is 1.22. The number of hydrogen-bond donors (Lipinski definition) is 0. The van der Waals surface area contributed by atoms with Crippen molar-refractivity contribution in [2.45, 2.75) is 26.2 Å². The van der Waals surface area contributed by atoms with E-state index in [0.29, 0.717) is 0 Å². The SMILES string of the molecule is C[Si]1(C)c2ccccc2[Si](C)(C)c2cc(Br)ccc21. The molecule has 0 saturated heterocycles. The largest absolute Gasteiger partial charge is 0.112 e. The lowest BCUT2D eigenvalue weighted by Crippen LogP contribution is -2.77. The molecular formula is C16H19BrSi2. The van der Waals surface area contributed by atoms with Crippen LogP contribution in [0.3, 0.4) is 0 Å². The zero-order chi connectivity index (χ0) is 13.8. The van der Waals surface area contributed by atoms with Crippen molar-refractivity contribution in [2.75, 3.05) is 0 Å². The molecule has 0 amide bonds. The molecule has 0 aromatic heterocycles. The van der Waals surface area contributed by atoms with Gasteiger partial charge in [0.15, 0.2) is 0 Å². The maximum atomic E-state index is 3.66. The maximum Gasteiger partial charge on any atom is 0.112 e. The average Bonchev–Trinajstić information content (AvgIpc) is 2.37. The summed E-state index contributed by atoms with van der Waals surface area (Å²) in [6, 6.07) is 16.1. The van der Waals surface area contributed by atoms with Crippen molar-refractivity contribution < 1.29 is 0 Å². The van der Waals surface area contributed by atoms with Gasteiger partial charge in [-0.3, -0.25) is 0 Å². The topological polar surface area (TPSA) is 0 Å². The van der Waals surface area contributed by atoms with Crippen LogP contribution >= 0.6 is 15.9 Å².